The Morgan fingerprint density at radius 1 is 1.33 bits per heavy atom. The van der Waals surface area contributed by atoms with Gasteiger partial charge in [0.15, 0.2) is 0 Å². The number of benzene rings is 1. The number of nitrogens with zero attached hydrogens (tertiary/aromatic N) is 1. The molecule has 1 aliphatic carbocycles. The monoisotopic (exact) mass is 243 g/mol. The van der Waals surface area contributed by atoms with Crippen molar-refractivity contribution in [2.24, 2.45) is 0 Å². The second-order valence-corrected chi connectivity index (χ2v) is 4.22. The van der Waals surface area contributed by atoms with Crippen LogP contribution in [-0.2, 0) is 0 Å². The van der Waals surface area contributed by atoms with Gasteiger partial charge < -0.3 is 14.7 Å². The van der Waals surface area contributed by atoms with Gasteiger partial charge in [0.05, 0.1) is 6.54 Å². The SMILES string of the molecule is CN(CCOc1ccc(O)cc1)C1=CC#CCC1. The van der Waals surface area contributed by atoms with Crippen LogP contribution < -0.4 is 4.74 Å². The summed E-state index contributed by atoms with van der Waals surface area (Å²) in [6, 6.07) is 6.78. The number of hydrogen-bond donors (Lipinski definition) is 1. The lowest BCUT2D eigenvalue weighted by atomic mass is 10.1. The summed E-state index contributed by atoms with van der Waals surface area (Å²) in [6.45, 7) is 1.44. The van der Waals surface area contributed by atoms with E-state index in [4.69, 9.17) is 9.84 Å². The third-order valence-corrected chi connectivity index (χ3v) is 2.87. The standard InChI is InChI=1S/C15H17NO2/c1-16(13-5-3-2-4-6-13)11-12-18-15-9-7-14(17)8-10-15/h6-10,17H,3,5,11-12H2,1H3. The lowest BCUT2D eigenvalue weighted by Crippen LogP contribution is -2.24. The van der Waals surface area contributed by atoms with Gasteiger partial charge in [-0.3, -0.25) is 0 Å². The second-order valence-electron chi connectivity index (χ2n) is 4.22. The fourth-order valence-corrected chi connectivity index (χ4v) is 1.76. The van der Waals surface area contributed by atoms with Crippen LogP contribution >= 0.6 is 0 Å². The molecule has 1 aromatic carbocycles. The number of aromatic hydroxyl groups is 1. The van der Waals surface area contributed by atoms with Gasteiger partial charge in [-0.1, -0.05) is 11.8 Å². The van der Waals surface area contributed by atoms with Crippen molar-refractivity contribution >= 4 is 0 Å². The van der Waals surface area contributed by atoms with E-state index < -0.39 is 0 Å². The van der Waals surface area contributed by atoms with Crippen molar-refractivity contribution in [2.75, 3.05) is 20.2 Å². The first-order valence-corrected chi connectivity index (χ1v) is 6.06. The highest BCUT2D eigenvalue weighted by Crippen LogP contribution is 2.16. The zero-order valence-electron chi connectivity index (χ0n) is 10.5. The molecular formula is C15H17NO2. The van der Waals surface area contributed by atoms with Crippen LogP contribution in [0.4, 0.5) is 0 Å². The predicted octanol–water partition coefficient (Wildman–Crippen LogP) is 2.38. The van der Waals surface area contributed by atoms with E-state index in [1.807, 2.05) is 6.08 Å². The highest BCUT2D eigenvalue weighted by Gasteiger charge is 2.05. The van der Waals surface area contributed by atoms with Crippen LogP contribution in [0.15, 0.2) is 36.0 Å². The Morgan fingerprint density at radius 3 is 2.78 bits per heavy atom. The van der Waals surface area contributed by atoms with E-state index in [0.717, 1.165) is 25.1 Å². The van der Waals surface area contributed by atoms with Crippen molar-refractivity contribution in [2.45, 2.75) is 12.8 Å². The molecule has 0 heterocycles. The molecule has 3 nitrogen and oxygen atoms in total. The van der Waals surface area contributed by atoms with Crippen LogP contribution in [-0.4, -0.2) is 30.2 Å². The minimum Gasteiger partial charge on any atom is -0.508 e. The number of allylic oxidation sites excluding steroid dienone is 2. The summed E-state index contributed by atoms with van der Waals surface area (Å²) < 4.78 is 5.61. The molecule has 0 aromatic heterocycles. The number of hydrogen-bond acceptors (Lipinski definition) is 3. The Balaban J connectivity index is 1.77. The van der Waals surface area contributed by atoms with E-state index in [1.54, 1.807) is 24.3 Å². The smallest absolute Gasteiger partial charge is 0.119 e. The van der Waals surface area contributed by atoms with Gasteiger partial charge in [0, 0.05) is 25.2 Å². The molecule has 1 aliphatic rings. The molecule has 18 heavy (non-hydrogen) atoms. The molecule has 0 unspecified atom stereocenters. The molecule has 0 saturated heterocycles. The normalized spacial score (nSPS) is 13.3. The zero-order valence-corrected chi connectivity index (χ0v) is 10.5. The van der Waals surface area contributed by atoms with Crippen molar-refractivity contribution in [1.82, 2.24) is 4.90 Å². The number of phenolic OH excluding ortho intramolecular Hbond substituents is 1. The molecule has 3 heteroatoms. The van der Waals surface area contributed by atoms with Crippen LogP contribution in [0.1, 0.15) is 12.8 Å². The zero-order chi connectivity index (χ0) is 12.8. The molecule has 0 bridgehead atoms. The molecule has 0 radical (unpaired) electrons. The average Bonchev–Trinajstić information content (AvgIpc) is 2.42. The Labute approximate surface area is 108 Å². The first kappa shape index (κ1) is 12.4. The molecule has 0 aliphatic heterocycles. The Bertz CT molecular complexity index is 479. The molecule has 0 amide bonds. The molecule has 1 N–H and O–H groups in total. The molecule has 1 aromatic rings. The predicted molar refractivity (Wildman–Crippen MR) is 71.3 cm³/mol. The fourth-order valence-electron chi connectivity index (χ4n) is 1.76. The molecule has 0 atom stereocenters. The van der Waals surface area contributed by atoms with Crippen LogP contribution in [0.3, 0.4) is 0 Å². The van der Waals surface area contributed by atoms with Gasteiger partial charge in [-0.2, -0.15) is 0 Å². The van der Waals surface area contributed by atoms with Crippen molar-refractivity contribution < 1.29 is 9.84 Å². The fraction of sp³-hybridized carbons (Fsp3) is 0.333. The Morgan fingerprint density at radius 2 is 2.11 bits per heavy atom. The third-order valence-electron chi connectivity index (χ3n) is 2.87. The number of phenols is 1. The topological polar surface area (TPSA) is 32.7 Å². The van der Waals surface area contributed by atoms with Gasteiger partial charge in [-0.05, 0) is 30.7 Å². The van der Waals surface area contributed by atoms with Crippen LogP contribution in [0.25, 0.3) is 0 Å². The van der Waals surface area contributed by atoms with Gasteiger partial charge in [-0.15, -0.1) is 0 Å². The molecule has 94 valence electrons. The van der Waals surface area contributed by atoms with E-state index in [1.165, 1.54) is 5.70 Å². The van der Waals surface area contributed by atoms with Crippen LogP contribution in [0, 0.1) is 11.8 Å². The quantitative estimate of drug-likeness (QED) is 0.806. The number of likely N-dealkylation sites (N-methyl/N-ethyl adjacent to an activating group) is 1. The Kier molecular flexibility index (Phi) is 4.14. The summed E-state index contributed by atoms with van der Waals surface area (Å²) in [7, 11) is 2.05. The summed E-state index contributed by atoms with van der Waals surface area (Å²) in [5.74, 6) is 7.09. The average molecular weight is 243 g/mol. The number of ether oxygens (including phenoxy) is 1. The first-order valence-electron chi connectivity index (χ1n) is 6.06. The first-order chi connectivity index (χ1) is 8.75. The van der Waals surface area contributed by atoms with Gasteiger partial charge in [-0.25, -0.2) is 0 Å². The molecule has 0 spiro atoms. The highest BCUT2D eigenvalue weighted by atomic mass is 16.5. The van der Waals surface area contributed by atoms with E-state index in [2.05, 4.69) is 23.8 Å². The van der Waals surface area contributed by atoms with Gasteiger partial charge in [0.1, 0.15) is 18.1 Å². The van der Waals surface area contributed by atoms with Crippen LogP contribution in [0.5, 0.6) is 11.5 Å². The van der Waals surface area contributed by atoms with E-state index in [0.29, 0.717) is 6.61 Å². The van der Waals surface area contributed by atoms with Crippen molar-refractivity contribution in [3.05, 3.63) is 36.0 Å². The largest absolute Gasteiger partial charge is 0.508 e. The van der Waals surface area contributed by atoms with Crippen molar-refractivity contribution in [3.63, 3.8) is 0 Å². The Hall–Kier alpha value is -2.08. The van der Waals surface area contributed by atoms with E-state index in [-0.39, 0.29) is 5.75 Å². The molecule has 0 fully saturated rings. The summed E-state index contributed by atoms with van der Waals surface area (Å²) in [4.78, 5) is 2.17. The van der Waals surface area contributed by atoms with Gasteiger partial charge >= 0.3 is 0 Å². The van der Waals surface area contributed by atoms with Gasteiger partial charge in [0.25, 0.3) is 0 Å². The van der Waals surface area contributed by atoms with Crippen molar-refractivity contribution in [1.29, 1.82) is 0 Å². The highest BCUT2D eigenvalue weighted by molar-refractivity contribution is 5.30. The summed E-state index contributed by atoms with van der Waals surface area (Å²) in [5.41, 5.74) is 1.27. The lowest BCUT2D eigenvalue weighted by Gasteiger charge is -2.22. The lowest BCUT2D eigenvalue weighted by molar-refractivity contribution is 0.261. The minimum atomic E-state index is 0.255. The van der Waals surface area contributed by atoms with Crippen molar-refractivity contribution in [3.8, 4) is 23.3 Å². The van der Waals surface area contributed by atoms with E-state index >= 15 is 0 Å². The third kappa shape index (κ3) is 3.46. The molecular weight excluding hydrogens is 226 g/mol. The van der Waals surface area contributed by atoms with Crippen LogP contribution in [0.2, 0.25) is 0 Å². The van der Waals surface area contributed by atoms with E-state index in [9.17, 15) is 0 Å². The number of rotatable bonds is 5. The minimum absolute atomic E-state index is 0.255. The van der Waals surface area contributed by atoms with Gasteiger partial charge in [0.2, 0.25) is 0 Å². The maximum atomic E-state index is 9.16. The second kappa shape index (κ2) is 6.02. The summed E-state index contributed by atoms with van der Waals surface area (Å²) in [5, 5.41) is 9.16. The maximum absolute atomic E-state index is 9.16. The maximum Gasteiger partial charge on any atom is 0.119 e. The molecule has 2 rings (SSSR count). The molecule has 0 saturated carbocycles. The summed E-state index contributed by atoms with van der Waals surface area (Å²) in [6.07, 6.45) is 3.93. The summed E-state index contributed by atoms with van der Waals surface area (Å²) >= 11 is 0.